The van der Waals surface area contributed by atoms with Crippen LogP contribution in [-0.4, -0.2) is 31.2 Å². The summed E-state index contributed by atoms with van der Waals surface area (Å²) in [6, 6.07) is 0. The van der Waals surface area contributed by atoms with Gasteiger partial charge in [0.2, 0.25) is 0 Å². The van der Waals surface area contributed by atoms with Crippen LogP contribution >= 0.6 is 0 Å². The first-order valence-electron chi connectivity index (χ1n) is 5.78. The molecule has 2 nitrogen and oxygen atoms in total. The van der Waals surface area contributed by atoms with Gasteiger partial charge in [-0.3, -0.25) is 4.90 Å². The first kappa shape index (κ1) is 12.9. The molecule has 0 saturated heterocycles. The van der Waals surface area contributed by atoms with Crippen LogP contribution in [0.15, 0.2) is 0 Å². The van der Waals surface area contributed by atoms with Crippen molar-refractivity contribution in [1.29, 1.82) is 0 Å². The van der Waals surface area contributed by atoms with Crippen molar-refractivity contribution in [2.24, 2.45) is 0 Å². The number of unbranched alkanes of at least 4 members (excludes halogenated alkanes) is 2. The SMILES string of the molecule is CCCCCN(CC)CNCCC. The molecule has 0 saturated carbocycles. The largest absolute Gasteiger partial charge is 0.304 e. The van der Waals surface area contributed by atoms with E-state index >= 15 is 0 Å². The van der Waals surface area contributed by atoms with E-state index in [-0.39, 0.29) is 0 Å². The Morgan fingerprint density at radius 2 is 1.77 bits per heavy atom. The fourth-order valence-electron chi connectivity index (χ4n) is 1.35. The van der Waals surface area contributed by atoms with Crippen molar-refractivity contribution in [2.45, 2.75) is 46.5 Å². The smallest absolute Gasteiger partial charge is 0.0480 e. The van der Waals surface area contributed by atoms with Crippen LogP contribution in [0.4, 0.5) is 0 Å². The Labute approximate surface area is 83.7 Å². The maximum Gasteiger partial charge on any atom is 0.0480 e. The van der Waals surface area contributed by atoms with Gasteiger partial charge in [-0.15, -0.1) is 0 Å². The molecule has 0 fully saturated rings. The monoisotopic (exact) mass is 186 g/mol. The molecular formula is C11H26N2. The van der Waals surface area contributed by atoms with E-state index in [2.05, 4.69) is 31.0 Å². The Kier molecular flexibility index (Phi) is 9.94. The zero-order valence-electron chi connectivity index (χ0n) is 9.60. The van der Waals surface area contributed by atoms with Crippen LogP contribution in [0.5, 0.6) is 0 Å². The highest BCUT2D eigenvalue weighted by atomic mass is 15.2. The summed E-state index contributed by atoms with van der Waals surface area (Å²) in [4.78, 5) is 2.48. The molecule has 13 heavy (non-hydrogen) atoms. The summed E-state index contributed by atoms with van der Waals surface area (Å²) < 4.78 is 0. The van der Waals surface area contributed by atoms with E-state index in [4.69, 9.17) is 0 Å². The van der Waals surface area contributed by atoms with E-state index in [0.29, 0.717) is 0 Å². The minimum atomic E-state index is 1.06. The molecule has 0 aliphatic rings. The third-order valence-electron chi connectivity index (χ3n) is 2.29. The van der Waals surface area contributed by atoms with E-state index < -0.39 is 0 Å². The molecule has 0 aromatic heterocycles. The molecule has 0 spiro atoms. The zero-order chi connectivity index (χ0) is 9.94. The molecule has 0 bridgehead atoms. The van der Waals surface area contributed by atoms with Crippen molar-refractivity contribution >= 4 is 0 Å². The minimum absolute atomic E-state index is 1.06. The summed E-state index contributed by atoms with van der Waals surface area (Å²) in [5, 5.41) is 3.44. The van der Waals surface area contributed by atoms with Gasteiger partial charge in [0, 0.05) is 6.67 Å². The van der Waals surface area contributed by atoms with Gasteiger partial charge >= 0.3 is 0 Å². The summed E-state index contributed by atoms with van der Waals surface area (Å²) >= 11 is 0. The predicted molar refractivity (Wildman–Crippen MR) is 59.9 cm³/mol. The van der Waals surface area contributed by atoms with Crippen molar-refractivity contribution in [2.75, 3.05) is 26.3 Å². The second-order valence-electron chi connectivity index (χ2n) is 3.58. The molecule has 2 heteroatoms. The Bertz CT molecular complexity index is 84.1. The Morgan fingerprint density at radius 3 is 2.31 bits per heavy atom. The highest BCUT2D eigenvalue weighted by molar-refractivity contribution is 4.54. The molecule has 0 radical (unpaired) electrons. The second kappa shape index (κ2) is 10.0. The van der Waals surface area contributed by atoms with Crippen molar-refractivity contribution in [1.82, 2.24) is 10.2 Å². The van der Waals surface area contributed by atoms with Crippen LogP contribution in [0.3, 0.4) is 0 Å². The quantitative estimate of drug-likeness (QED) is 0.439. The number of rotatable bonds is 9. The molecular weight excluding hydrogens is 160 g/mol. The van der Waals surface area contributed by atoms with Crippen molar-refractivity contribution in [3.8, 4) is 0 Å². The molecule has 80 valence electrons. The Balaban J connectivity index is 3.28. The lowest BCUT2D eigenvalue weighted by Crippen LogP contribution is -2.35. The zero-order valence-corrected chi connectivity index (χ0v) is 9.60. The standard InChI is InChI=1S/C11H26N2/c1-4-7-8-10-13(6-3)11-12-9-5-2/h12H,4-11H2,1-3H3. The van der Waals surface area contributed by atoms with E-state index in [1.54, 1.807) is 0 Å². The molecule has 1 N–H and O–H groups in total. The van der Waals surface area contributed by atoms with E-state index in [9.17, 15) is 0 Å². The minimum Gasteiger partial charge on any atom is -0.304 e. The lowest BCUT2D eigenvalue weighted by atomic mass is 10.2. The van der Waals surface area contributed by atoms with Crippen LogP contribution in [0.2, 0.25) is 0 Å². The first-order valence-corrected chi connectivity index (χ1v) is 5.78. The number of nitrogens with zero attached hydrogens (tertiary/aromatic N) is 1. The van der Waals surface area contributed by atoms with Crippen molar-refractivity contribution in [3.05, 3.63) is 0 Å². The fourth-order valence-corrected chi connectivity index (χ4v) is 1.35. The van der Waals surface area contributed by atoms with Gasteiger partial charge in [-0.1, -0.05) is 33.6 Å². The molecule has 0 atom stereocenters. The molecule has 0 aromatic carbocycles. The second-order valence-corrected chi connectivity index (χ2v) is 3.58. The first-order chi connectivity index (χ1) is 6.35. The van der Waals surface area contributed by atoms with Gasteiger partial charge in [0.25, 0.3) is 0 Å². The molecule has 0 heterocycles. The van der Waals surface area contributed by atoms with Gasteiger partial charge in [-0.05, 0) is 32.5 Å². The third kappa shape index (κ3) is 8.26. The summed E-state index contributed by atoms with van der Waals surface area (Å²) in [7, 11) is 0. The van der Waals surface area contributed by atoms with Crippen LogP contribution in [0.1, 0.15) is 46.5 Å². The molecule has 0 aliphatic carbocycles. The van der Waals surface area contributed by atoms with Crippen LogP contribution < -0.4 is 5.32 Å². The molecule has 0 rings (SSSR count). The maximum absolute atomic E-state index is 3.44. The topological polar surface area (TPSA) is 15.3 Å². The van der Waals surface area contributed by atoms with Gasteiger partial charge in [0.1, 0.15) is 0 Å². The van der Waals surface area contributed by atoms with Gasteiger partial charge < -0.3 is 5.32 Å². The summed E-state index contributed by atoms with van der Waals surface area (Å²) in [5.74, 6) is 0. The average Bonchev–Trinajstić information content (AvgIpc) is 2.16. The highest BCUT2D eigenvalue weighted by Gasteiger charge is 1.99. The third-order valence-corrected chi connectivity index (χ3v) is 2.29. The summed E-state index contributed by atoms with van der Waals surface area (Å²) in [6.07, 6.45) is 5.26. The lowest BCUT2D eigenvalue weighted by Gasteiger charge is -2.20. The average molecular weight is 186 g/mol. The van der Waals surface area contributed by atoms with Crippen LogP contribution in [0.25, 0.3) is 0 Å². The van der Waals surface area contributed by atoms with Crippen LogP contribution in [0, 0.1) is 0 Å². The lowest BCUT2D eigenvalue weighted by molar-refractivity contribution is 0.260. The van der Waals surface area contributed by atoms with Crippen molar-refractivity contribution < 1.29 is 0 Å². The van der Waals surface area contributed by atoms with E-state index in [0.717, 1.165) is 13.2 Å². The Morgan fingerprint density at radius 1 is 1.00 bits per heavy atom. The Hall–Kier alpha value is -0.0800. The molecule has 0 amide bonds. The van der Waals surface area contributed by atoms with Gasteiger partial charge in [-0.2, -0.15) is 0 Å². The van der Waals surface area contributed by atoms with E-state index in [1.165, 1.54) is 38.8 Å². The highest BCUT2D eigenvalue weighted by Crippen LogP contribution is 1.96. The molecule has 0 unspecified atom stereocenters. The summed E-state index contributed by atoms with van der Waals surface area (Å²) in [6.45, 7) is 11.3. The fraction of sp³-hybridized carbons (Fsp3) is 1.00. The van der Waals surface area contributed by atoms with Gasteiger partial charge in [0.15, 0.2) is 0 Å². The van der Waals surface area contributed by atoms with Crippen LogP contribution in [-0.2, 0) is 0 Å². The van der Waals surface area contributed by atoms with Gasteiger partial charge in [-0.25, -0.2) is 0 Å². The van der Waals surface area contributed by atoms with E-state index in [1.807, 2.05) is 0 Å². The number of nitrogens with one attached hydrogen (secondary N) is 1. The van der Waals surface area contributed by atoms with Gasteiger partial charge in [0.05, 0.1) is 0 Å². The maximum atomic E-state index is 3.44. The predicted octanol–water partition coefficient (Wildman–Crippen LogP) is 2.46. The summed E-state index contributed by atoms with van der Waals surface area (Å²) in [5.41, 5.74) is 0. The number of hydrogen-bond donors (Lipinski definition) is 1. The normalized spacial score (nSPS) is 11.1. The molecule has 0 aliphatic heterocycles. The van der Waals surface area contributed by atoms with Crippen molar-refractivity contribution in [3.63, 3.8) is 0 Å². The molecule has 0 aromatic rings. The number of hydrogen-bond acceptors (Lipinski definition) is 2.